The highest BCUT2D eigenvalue weighted by molar-refractivity contribution is 5.91. The molecule has 0 spiro atoms. The molecule has 0 saturated carbocycles. The van der Waals surface area contributed by atoms with Crippen LogP contribution in [0.25, 0.3) is 0 Å². The summed E-state index contributed by atoms with van der Waals surface area (Å²) >= 11 is 0. The number of hydrogen-bond donors (Lipinski definition) is 2. The topological polar surface area (TPSA) is 95.1 Å². The van der Waals surface area contributed by atoms with Gasteiger partial charge in [-0.05, 0) is 26.0 Å². The van der Waals surface area contributed by atoms with Crippen molar-refractivity contribution in [2.45, 2.75) is 13.8 Å². The number of aromatic nitrogens is 3. The lowest BCUT2D eigenvalue weighted by Crippen LogP contribution is -2.20. The second-order valence-electron chi connectivity index (χ2n) is 4.43. The fourth-order valence-corrected chi connectivity index (χ4v) is 1.78. The third-order valence-electron chi connectivity index (χ3n) is 2.86. The van der Waals surface area contributed by atoms with E-state index >= 15 is 0 Å². The fourth-order valence-electron chi connectivity index (χ4n) is 1.78. The first kappa shape index (κ1) is 16.8. The molecule has 21 heavy (non-hydrogen) atoms. The van der Waals surface area contributed by atoms with Crippen LogP contribution in [0.5, 0.6) is 5.75 Å². The number of anilines is 2. The summed E-state index contributed by atoms with van der Waals surface area (Å²) in [6, 6.07) is 3.30. The Kier molecular flexibility index (Phi) is 5.54. The van der Waals surface area contributed by atoms with Crippen LogP contribution in [-0.2, 0) is 11.8 Å². The minimum Gasteiger partial charge on any atom is -0.480 e. The van der Waals surface area contributed by atoms with Crippen LogP contribution in [0.3, 0.4) is 0 Å². The van der Waals surface area contributed by atoms with Gasteiger partial charge in [-0.15, -0.1) is 12.4 Å². The molecule has 0 aromatic carbocycles. The van der Waals surface area contributed by atoms with Crippen molar-refractivity contribution >= 4 is 29.8 Å². The van der Waals surface area contributed by atoms with E-state index in [1.54, 1.807) is 16.8 Å². The van der Waals surface area contributed by atoms with Crippen molar-refractivity contribution in [2.24, 2.45) is 7.05 Å². The minimum absolute atomic E-state index is 0. The first-order valence-electron chi connectivity index (χ1n) is 6.11. The Balaban J connectivity index is 0.00000220. The van der Waals surface area contributed by atoms with Crippen LogP contribution >= 0.6 is 12.4 Å². The summed E-state index contributed by atoms with van der Waals surface area (Å²) < 4.78 is 7.22. The molecule has 8 heteroatoms. The first-order chi connectivity index (χ1) is 9.47. The average Bonchev–Trinajstić information content (AvgIpc) is 2.64. The van der Waals surface area contributed by atoms with Gasteiger partial charge in [0.2, 0.25) is 0 Å². The number of carbonyl (C=O) groups is 1. The van der Waals surface area contributed by atoms with Gasteiger partial charge in [-0.25, -0.2) is 4.98 Å². The highest BCUT2D eigenvalue weighted by atomic mass is 35.5. The molecule has 0 fully saturated rings. The highest BCUT2D eigenvalue weighted by Crippen LogP contribution is 2.21. The molecule has 0 bridgehead atoms. The average molecular weight is 312 g/mol. The smallest absolute Gasteiger partial charge is 0.262 e. The monoisotopic (exact) mass is 311 g/mol. The summed E-state index contributed by atoms with van der Waals surface area (Å²) in [5, 5.41) is 6.89. The van der Waals surface area contributed by atoms with E-state index in [0.29, 0.717) is 17.3 Å². The molecule has 2 aromatic heterocycles. The minimum atomic E-state index is -0.265. The van der Waals surface area contributed by atoms with E-state index in [0.717, 1.165) is 11.4 Å². The standard InChI is InChI=1S/C13H17N5O2.ClH/c1-8-13(9(2)18(3)17-8)20-7-12(19)16-10-4-5-11(14)15-6-10;/h4-6H,7H2,1-3H3,(H2,14,15)(H,16,19);1H. The zero-order valence-corrected chi connectivity index (χ0v) is 12.9. The van der Waals surface area contributed by atoms with Crippen molar-refractivity contribution < 1.29 is 9.53 Å². The Morgan fingerprint density at radius 1 is 1.43 bits per heavy atom. The van der Waals surface area contributed by atoms with Crippen LogP contribution in [0.4, 0.5) is 11.5 Å². The van der Waals surface area contributed by atoms with Crippen LogP contribution < -0.4 is 15.8 Å². The van der Waals surface area contributed by atoms with E-state index in [9.17, 15) is 4.79 Å². The van der Waals surface area contributed by atoms with Gasteiger partial charge in [-0.3, -0.25) is 9.48 Å². The van der Waals surface area contributed by atoms with Gasteiger partial charge in [-0.2, -0.15) is 5.10 Å². The molecule has 3 N–H and O–H groups in total. The predicted molar refractivity (Wildman–Crippen MR) is 82.7 cm³/mol. The molecule has 7 nitrogen and oxygen atoms in total. The fraction of sp³-hybridized carbons (Fsp3) is 0.308. The Morgan fingerprint density at radius 3 is 2.67 bits per heavy atom. The molecule has 2 heterocycles. The molecule has 0 atom stereocenters. The molecule has 0 saturated heterocycles. The van der Waals surface area contributed by atoms with Gasteiger partial charge in [0.1, 0.15) is 11.5 Å². The van der Waals surface area contributed by atoms with E-state index in [2.05, 4.69) is 15.4 Å². The molecule has 0 aliphatic heterocycles. The zero-order chi connectivity index (χ0) is 14.7. The van der Waals surface area contributed by atoms with Crippen LogP contribution in [0.15, 0.2) is 18.3 Å². The lowest BCUT2D eigenvalue weighted by atomic mass is 10.3. The van der Waals surface area contributed by atoms with E-state index < -0.39 is 0 Å². The predicted octanol–water partition coefficient (Wildman–Crippen LogP) is 1.45. The lowest BCUT2D eigenvalue weighted by Gasteiger charge is -2.07. The zero-order valence-electron chi connectivity index (χ0n) is 12.1. The molecule has 0 radical (unpaired) electrons. The number of hydrogen-bond acceptors (Lipinski definition) is 5. The summed E-state index contributed by atoms with van der Waals surface area (Å²) in [6.07, 6.45) is 1.49. The number of nitrogens with one attached hydrogen (secondary N) is 1. The van der Waals surface area contributed by atoms with Crippen molar-refractivity contribution in [2.75, 3.05) is 17.7 Å². The normalized spacial score (nSPS) is 9.86. The molecule has 2 aromatic rings. The number of amides is 1. The molecule has 0 aliphatic rings. The quantitative estimate of drug-likeness (QED) is 0.891. The van der Waals surface area contributed by atoms with E-state index in [1.165, 1.54) is 6.20 Å². The summed E-state index contributed by atoms with van der Waals surface area (Å²) in [5.74, 6) is 0.776. The van der Waals surface area contributed by atoms with Crippen LogP contribution in [-0.4, -0.2) is 27.3 Å². The van der Waals surface area contributed by atoms with Gasteiger partial charge in [0.25, 0.3) is 5.91 Å². The van der Waals surface area contributed by atoms with Crippen LogP contribution in [0.2, 0.25) is 0 Å². The molecule has 2 rings (SSSR count). The third-order valence-corrected chi connectivity index (χ3v) is 2.86. The van der Waals surface area contributed by atoms with Crippen molar-refractivity contribution in [3.63, 3.8) is 0 Å². The van der Waals surface area contributed by atoms with Crippen molar-refractivity contribution in [3.05, 3.63) is 29.7 Å². The number of aryl methyl sites for hydroxylation is 2. The summed E-state index contributed by atoms with van der Waals surface area (Å²) in [5.41, 5.74) is 7.68. The second kappa shape index (κ2) is 6.94. The van der Waals surface area contributed by atoms with Gasteiger partial charge >= 0.3 is 0 Å². The SMILES string of the molecule is Cc1nn(C)c(C)c1OCC(=O)Nc1ccc(N)nc1.Cl. The number of nitrogen functional groups attached to an aromatic ring is 1. The number of ether oxygens (including phenoxy) is 1. The Labute approximate surface area is 128 Å². The van der Waals surface area contributed by atoms with Crippen LogP contribution in [0, 0.1) is 13.8 Å². The van der Waals surface area contributed by atoms with E-state index in [4.69, 9.17) is 10.5 Å². The summed E-state index contributed by atoms with van der Waals surface area (Å²) in [4.78, 5) is 15.7. The number of nitrogens with zero attached hydrogens (tertiary/aromatic N) is 3. The van der Waals surface area contributed by atoms with E-state index in [-0.39, 0.29) is 24.9 Å². The Morgan fingerprint density at radius 2 is 2.14 bits per heavy atom. The number of carbonyl (C=O) groups excluding carboxylic acids is 1. The van der Waals surface area contributed by atoms with Crippen molar-refractivity contribution in [1.29, 1.82) is 0 Å². The summed E-state index contributed by atoms with van der Waals surface area (Å²) in [6.45, 7) is 3.64. The molecule has 114 valence electrons. The van der Waals surface area contributed by atoms with E-state index in [1.807, 2.05) is 20.9 Å². The second-order valence-corrected chi connectivity index (χ2v) is 4.43. The Hall–Kier alpha value is -2.28. The molecule has 1 amide bonds. The molecule has 0 unspecified atom stereocenters. The maximum absolute atomic E-state index is 11.8. The van der Waals surface area contributed by atoms with Gasteiger partial charge in [0.05, 0.1) is 17.6 Å². The maximum Gasteiger partial charge on any atom is 0.262 e. The van der Waals surface area contributed by atoms with Gasteiger partial charge in [-0.1, -0.05) is 0 Å². The molecular formula is C13H18ClN5O2. The van der Waals surface area contributed by atoms with Crippen molar-refractivity contribution in [1.82, 2.24) is 14.8 Å². The highest BCUT2D eigenvalue weighted by Gasteiger charge is 2.12. The number of rotatable bonds is 4. The number of halogens is 1. The van der Waals surface area contributed by atoms with Gasteiger partial charge in [0, 0.05) is 7.05 Å². The molecule has 0 aliphatic carbocycles. The lowest BCUT2D eigenvalue weighted by molar-refractivity contribution is -0.118. The van der Waals surface area contributed by atoms with Crippen LogP contribution in [0.1, 0.15) is 11.4 Å². The Bertz CT molecular complexity index is 624. The third kappa shape index (κ3) is 4.09. The largest absolute Gasteiger partial charge is 0.480 e. The number of nitrogens with two attached hydrogens (primary N) is 1. The van der Waals surface area contributed by atoms with Gasteiger partial charge < -0.3 is 15.8 Å². The van der Waals surface area contributed by atoms with Crippen molar-refractivity contribution in [3.8, 4) is 5.75 Å². The number of pyridine rings is 1. The first-order valence-corrected chi connectivity index (χ1v) is 6.11. The summed E-state index contributed by atoms with van der Waals surface area (Å²) in [7, 11) is 1.83. The molecular weight excluding hydrogens is 294 g/mol. The maximum atomic E-state index is 11.8. The van der Waals surface area contributed by atoms with Gasteiger partial charge in [0.15, 0.2) is 12.4 Å².